The molecule has 7 nitrogen and oxygen atoms in total. The van der Waals surface area contributed by atoms with Crippen molar-refractivity contribution in [1.29, 1.82) is 5.26 Å². The number of hydrogen-bond donors (Lipinski definition) is 3. The standard InChI is InChI=1S/C24H18ClN3O4/c25-21-6-1-2-7-22(21)28-23(30)15-32-20-5-3-4-16(13-20)12-17(14-26)24(31)27-18-8-10-19(29)11-9-18/h1-13,29H,15H2,(H,27,31)(H,28,30)/b17-12+. The number of hydrogen-bond acceptors (Lipinski definition) is 5. The Hall–Kier alpha value is -4.28. The van der Waals surface area contributed by atoms with Gasteiger partial charge in [0.15, 0.2) is 6.61 Å². The average Bonchev–Trinajstić information content (AvgIpc) is 2.79. The van der Waals surface area contributed by atoms with E-state index in [0.717, 1.165) is 0 Å². The van der Waals surface area contributed by atoms with Crippen LogP contribution >= 0.6 is 11.6 Å². The number of phenolic OH excluding ortho intramolecular Hbond substituents is 1. The van der Waals surface area contributed by atoms with E-state index in [4.69, 9.17) is 16.3 Å². The molecule has 0 aromatic heterocycles. The third kappa shape index (κ3) is 6.36. The van der Waals surface area contributed by atoms with Gasteiger partial charge in [-0.1, -0.05) is 35.9 Å². The molecule has 0 atom stereocenters. The highest BCUT2D eigenvalue weighted by molar-refractivity contribution is 6.33. The smallest absolute Gasteiger partial charge is 0.266 e. The van der Waals surface area contributed by atoms with Crippen LogP contribution in [0, 0.1) is 11.3 Å². The van der Waals surface area contributed by atoms with Crippen molar-refractivity contribution in [2.45, 2.75) is 0 Å². The Kier molecular flexibility index (Phi) is 7.46. The third-order valence-electron chi connectivity index (χ3n) is 4.18. The quantitative estimate of drug-likeness (QED) is 0.278. The minimum absolute atomic E-state index is 0.0661. The second-order valence-corrected chi connectivity index (χ2v) is 6.97. The molecule has 0 aliphatic heterocycles. The van der Waals surface area contributed by atoms with E-state index in [1.165, 1.54) is 30.3 Å². The van der Waals surface area contributed by atoms with Crippen molar-refractivity contribution in [2.75, 3.05) is 17.2 Å². The molecule has 32 heavy (non-hydrogen) atoms. The number of carbonyl (C=O) groups excluding carboxylic acids is 2. The van der Waals surface area contributed by atoms with Crippen molar-refractivity contribution < 1.29 is 19.4 Å². The second kappa shape index (κ2) is 10.7. The summed E-state index contributed by atoms with van der Waals surface area (Å²) < 4.78 is 5.51. The number of nitrogens with zero attached hydrogens (tertiary/aromatic N) is 1. The Morgan fingerprint density at radius 1 is 1.03 bits per heavy atom. The van der Waals surface area contributed by atoms with E-state index >= 15 is 0 Å². The second-order valence-electron chi connectivity index (χ2n) is 6.56. The zero-order chi connectivity index (χ0) is 22.9. The van der Waals surface area contributed by atoms with Gasteiger partial charge in [0, 0.05) is 5.69 Å². The van der Waals surface area contributed by atoms with E-state index in [9.17, 15) is 20.0 Å². The molecule has 0 bridgehead atoms. The van der Waals surface area contributed by atoms with E-state index < -0.39 is 5.91 Å². The first-order chi connectivity index (χ1) is 15.4. The lowest BCUT2D eigenvalue weighted by Crippen LogP contribution is -2.20. The molecule has 0 saturated heterocycles. The molecule has 3 aromatic carbocycles. The summed E-state index contributed by atoms with van der Waals surface area (Å²) in [4.78, 5) is 24.5. The van der Waals surface area contributed by atoms with Crippen LogP contribution in [-0.2, 0) is 9.59 Å². The Bertz CT molecular complexity index is 1200. The van der Waals surface area contributed by atoms with E-state index in [1.54, 1.807) is 48.5 Å². The van der Waals surface area contributed by atoms with Gasteiger partial charge in [0.1, 0.15) is 23.1 Å². The normalized spacial score (nSPS) is 10.7. The van der Waals surface area contributed by atoms with Gasteiger partial charge in [-0.2, -0.15) is 5.26 Å². The molecule has 0 radical (unpaired) electrons. The summed E-state index contributed by atoms with van der Waals surface area (Å²) in [6.07, 6.45) is 1.41. The summed E-state index contributed by atoms with van der Waals surface area (Å²) in [5.41, 5.74) is 1.35. The van der Waals surface area contributed by atoms with Crippen molar-refractivity contribution in [3.63, 3.8) is 0 Å². The summed E-state index contributed by atoms with van der Waals surface area (Å²) in [7, 11) is 0. The van der Waals surface area contributed by atoms with Crippen LogP contribution in [0.25, 0.3) is 6.08 Å². The highest BCUT2D eigenvalue weighted by Gasteiger charge is 2.11. The number of benzene rings is 3. The molecule has 8 heteroatoms. The van der Waals surface area contributed by atoms with E-state index in [0.29, 0.717) is 27.7 Å². The van der Waals surface area contributed by atoms with E-state index in [1.807, 2.05) is 6.07 Å². The molecule has 160 valence electrons. The number of nitriles is 1. The lowest BCUT2D eigenvalue weighted by atomic mass is 10.1. The van der Waals surface area contributed by atoms with Gasteiger partial charge in [-0.3, -0.25) is 9.59 Å². The Balaban J connectivity index is 1.63. The van der Waals surface area contributed by atoms with Crippen LogP contribution in [0.2, 0.25) is 5.02 Å². The maximum absolute atomic E-state index is 12.4. The van der Waals surface area contributed by atoms with Crippen molar-refractivity contribution in [1.82, 2.24) is 0 Å². The average molecular weight is 448 g/mol. The number of para-hydroxylation sites is 1. The molecule has 0 fully saturated rings. The zero-order valence-electron chi connectivity index (χ0n) is 16.7. The Labute approximate surface area is 189 Å². The Morgan fingerprint density at radius 3 is 2.50 bits per heavy atom. The molecule has 0 unspecified atom stereocenters. The van der Waals surface area contributed by atoms with Crippen LogP contribution in [0.5, 0.6) is 11.5 Å². The number of anilines is 2. The van der Waals surface area contributed by atoms with Gasteiger partial charge in [-0.05, 0) is 60.2 Å². The molecule has 0 aliphatic carbocycles. The van der Waals surface area contributed by atoms with Gasteiger partial charge in [-0.25, -0.2) is 0 Å². The minimum atomic E-state index is -0.594. The molecule has 3 aromatic rings. The van der Waals surface area contributed by atoms with Crippen molar-refractivity contribution in [2.24, 2.45) is 0 Å². The fourth-order valence-electron chi connectivity index (χ4n) is 2.65. The molecular weight excluding hydrogens is 430 g/mol. The number of ether oxygens (including phenoxy) is 1. The summed E-state index contributed by atoms with van der Waals surface area (Å²) in [6, 6.07) is 21.2. The molecular formula is C24H18ClN3O4. The summed E-state index contributed by atoms with van der Waals surface area (Å²) >= 11 is 6.02. The highest BCUT2D eigenvalue weighted by atomic mass is 35.5. The van der Waals surface area contributed by atoms with E-state index in [2.05, 4.69) is 10.6 Å². The zero-order valence-corrected chi connectivity index (χ0v) is 17.5. The fourth-order valence-corrected chi connectivity index (χ4v) is 2.83. The first-order valence-electron chi connectivity index (χ1n) is 9.44. The van der Waals surface area contributed by atoms with Gasteiger partial charge >= 0.3 is 0 Å². The number of carbonyl (C=O) groups is 2. The summed E-state index contributed by atoms with van der Waals surface area (Å²) in [6.45, 7) is -0.245. The van der Waals surface area contributed by atoms with Crippen LogP contribution in [0.15, 0.2) is 78.4 Å². The SMILES string of the molecule is N#C/C(=C\c1cccc(OCC(=O)Nc2ccccc2Cl)c1)C(=O)Nc1ccc(O)cc1. The number of halogens is 1. The number of nitrogens with one attached hydrogen (secondary N) is 2. The lowest BCUT2D eigenvalue weighted by molar-refractivity contribution is -0.118. The van der Waals surface area contributed by atoms with Crippen LogP contribution in [0.1, 0.15) is 5.56 Å². The summed E-state index contributed by atoms with van der Waals surface area (Å²) in [5, 5.41) is 24.4. The minimum Gasteiger partial charge on any atom is -0.508 e. The fraction of sp³-hybridized carbons (Fsp3) is 0.0417. The van der Waals surface area contributed by atoms with Crippen molar-refractivity contribution >= 4 is 40.9 Å². The molecule has 3 N–H and O–H groups in total. The van der Waals surface area contributed by atoms with Crippen LogP contribution < -0.4 is 15.4 Å². The van der Waals surface area contributed by atoms with Crippen LogP contribution in [0.3, 0.4) is 0 Å². The molecule has 0 spiro atoms. The van der Waals surface area contributed by atoms with Gasteiger partial charge in [0.05, 0.1) is 10.7 Å². The summed E-state index contributed by atoms with van der Waals surface area (Å²) in [5.74, 6) is -0.519. The van der Waals surface area contributed by atoms with Crippen LogP contribution in [0.4, 0.5) is 11.4 Å². The number of amides is 2. The third-order valence-corrected chi connectivity index (χ3v) is 4.51. The van der Waals surface area contributed by atoms with Gasteiger partial charge < -0.3 is 20.5 Å². The number of rotatable bonds is 7. The predicted octanol–water partition coefficient (Wildman–Crippen LogP) is 4.61. The van der Waals surface area contributed by atoms with Crippen LogP contribution in [-0.4, -0.2) is 23.5 Å². The monoisotopic (exact) mass is 447 g/mol. The van der Waals surface area contributed by atoms with Crippen molar-refractivity contribution in [3.8, 4) is 17.6 Å². The largest absolute Gasteiger partial charge is 0.508 e. The van der Waals surface area contributed by atoms with Crippen molar-refractivity contribution in [3.05, 3.63) is 89.0 Å². The molecule has 0 heterocycles. The number of aromatic hydroxyl groups is 1. The maximum Gasteiger partial charge on any atom is 0.266 e. The molecule has 2 amide bonds. The number of phenols is 1. The highest BCUT2D eigenvalue weighted by Crippen LogP contribution is 2.21. The van der Waals surface area contributed by atoms with Gasteiger partial charge in [-0.15, -0.1) is 0 Å². The molecule has 0 saturated carbocycles. The maximum atomic E-state index is 12.4. The molecule has 0 aliphatic rings. The lowest BCUT2D eigenvalue weighted by Gasteiger charge is -2.09. The van der Waals surface area contributed by atoms with Gasteiger partial charge in [0.25, 0.3) is 11.8 Å². The Morgan fingerprint density at radius 2 is 1.78 bits per heavy atom. The first-order valence-corrected chi connectivity index (χ1v) is 9.82. The topological polar surface area (TPSA) is 111 Å². The first kappa shape index (κ1) is 22.4. The molecule has 3 rings (SSSR count). The predicted molar refractivity (Wildman–Crippen MR) is 122 cm³/mol. The van der Waals surface area contributed by atoms with E-state index in [-0.39, 0.29) is 23.8 Å². The van der Waals surface area contributed by atoms with Gasteiger partial charge in [0.2, 0.25) is 0 Å².